The summed E-state index contributed by atoms with van der Waals surface area (Å²) in [5.41, 5.74) is 0. The Morgan fingerprint density at radius 1 is 1.60 bits per heavy atom. The van der Waals surface area contributed by atoms with Gasteiger partial charge >= 0.3 is 24.2 Å². The third-order valence-corrected chi connectivity index (χ3v) is 0.838. The average Bonchev–Trinajstić information content (AvgIpc) is 1.64. The van der Waals surface area contributed by atoms with E-state index in [9.17, 15) is 17.8 Å². The van der Waals surface area contributed by atoms with E-state index in [0.717, 1.165) is 0 Å². The van der Waals surface area contributed by atoms with Crippen LogP contribution in [0.5, 0.6) is 0 Å². The fourth-order valence-electron chi connectivity index (χ4n) is 0.0991. The molecule has 7 heteroatoms. The summed E-state index contributed by atoms with van der Waals surface area (Å²) in [5.74, 6) is 0. The minimum absolute atomic E-state index is 0. The summed E-state index contributed by atoms with van der Waals surface area (Å²) in [6, 6.07) is 0. The second-order valence-corrected chi connectivity index (χ2v) is 2.17. The van der Waals surface area contributed by atoms with Crippen molar-refractivity contribution >= 4 is 15.4 Å². The molecule has 0 aromatic heterocycles. The van der Waals surface area contributed by atoms with E-state index in [4.69, 9.17) is 0 Å². The zero-order valence-corrected chi connectivity index (χ0v) is 5.84. The van der Waals surface area contributed by atoms with Crippen molar-refractivity contribution in [2.75, 3.05) is 0 Å². The van der Waals surface area contributed by atoms with Crippen LogP contribution in [0.2, 0.25) is 0 Å². The van der Waals surface area contributed by atoms with Gasteiger partial charge in [0.1, 0.15) is 6.11 Å². The van der Waals surface area contributed by atoms with Crippen LogP contribution in [0.1, 0.15) is 0 Å². The van der Waals surface area contributed by atoms with Gasteiger partial charge in [-0.05, 0) is 0 Å². The molecule has 0 aromatic carbocycles. The van der Waals surface area contributed by atoms with Crippen molar-refractivity contribution in [3.8, 4) is 12.5 Å². The summed E-state index contributed by atoms with van der Waals surface area (Å²) < 4.78 is 32.2. The average molecular weight is 156 g/mol. The van der Waals surface area contributed by atoms with Gasteiger partial charge in [0.15, 0.2) is 10.1 Å². The van der Waals surface area contributed by atoms with Crippen molar-refractivity contribution in [2.45, 2.75) is 0 Å². The van der Waals surface area contributed by atoms with Crippen LogP contribution in [0.4, 0.5) is 4.79 Å². The first-order chi connectivity index (χ1) is 3.98. The van der Waals surface area contributed by atoms with Crippen LogP contribution in [0.25, 0.3) is 0 Å². The molecule has 5 nitrogen and oxygen atoms in total. The summed E-state index contributed by atoms with van der Waals surface area (Å²) in [6.45, 7) is 0. The first-order valence-electron chi connectivity index (χ1n) is 1.61. The van der Waals surface area contributed by atoms with Gasteiger partial charge < -0.3 is 9.29 Å². The molecule has 0 aliphatic rings. The Labute approximate surface area is 69.7 Å². The summed E-state index contributed by atoms with van der Waals surface area (Å²) in [5, 5.41) is -1.95. The molecule has 50 valence electrons. The zero-order chi connectivity index (χ0) is 7.49. The molecule has 0 aliphatic carbocycles. The van der Waals surface area contributed by atoms with Gasteiger partial charge in [-0.2, -0.15) is 0 Å². The maximum atomic E-state index is 9.80. The van der Waals surface area contributed by atoms with Gasteiger partial charge in [-0.25, -0.2) is 13.2 Å². The molecule has 0 spiro atoms. The van der Waals surface area contributed by atoms with Gasteiger partial charge in [0.25, 0.3) is 0 Å². The van der Waals surface area contributed by atoms with E-state index < -0.39 is 15.4 Å². The molecule has 0 heterocycles. The summed E-state index contributed by atoms with van der Waals surface area (Å²) in [6.07, 6.45) is 5.58. The Morgan fingerprint density at radius 2 is 2.00 bits per heavy atom. The SMILES string of the molecule is C#COC(=O)S(=O)(=O)[O-].[Li+]. The van der Waals surface area contributed by atoms with Crippen LogP contribution >= 0.6 is 0 Å². The molecule has 0 bridgehead atoms. The van der Waals surface area contributed by atoms with Gasteiger partial charge in [0.2, 0.25) is 0 Å². The number of terminal acetylenes is 1. The number of carbonyl (C=O) groups excluding carboxylic acids is 1. The minimum atomic E-state index is -5.02. The Balaban J connectivity index is 0. The Hall–Kier alpha value is -0.463. The minimum Gasteiger partial charge on any atom is -0.739 e. The number of carbonyl (C=O) groups is 1. The molecule has 0 atom stereocenters. The van der Waals surface area contributed by atoms with Crippen molar-refractivity contribution < 1.29 is 41.4 Å². The van der Waals surface area contributed by atoms with E-state index in [1.54, 1.807) is 0 Å². The smallest absolute Gasteiger partial charge is 0.739 e. The molecule has 0 saturated heterocycles. The summed E-state index contributed by atoms with van der Waals surface area (Å²) in [7, 11) is -5.02. The molecule has 0 N–H and O–H groups in total. The normalized spacial score (nSPS) is 8.80. The molecular formula is C3HLiO5S. The summed E-state index contributed by atoms with van der Waals surface area (Å²) >= 11 is 0. The number of ether oxygens (including phenoxy) is 1. The van der Waals surface area contributed by atoms with Crippen LogP contribution in [-0.4, -0.2) is 18.3 Å². The fraction of sp³-hybridized carbons (Fsp3) is 0. The van der Waals surface area contributed by atoms with Crippen LogP contribution in [0.3, 0.4) is 0 Å². The second kappa shape index (κ2) is 4.37. The molecule has 0 aromatic rings. The van der Waals surface area contributed by atoms with Crippen LogP contribution in [0, 0.1) is 12.5 Å². The molecule has 0 aliphatic heterocycles. The first kappa shape index (κ1) is 12.2. The second-order valence-electron chi connectivity index (χ2n) is 0.924. The molecule has 0 unspecified atom stereocenters. The van der Waals surface area contributed by atoms with E-state index in [-0.39, 0.29) is 18.9 Å². The van der Waals surface area contributed by atoms with E-state index in [1.165, 1.54) is 6.11 Å². The van der Waals surface area contributed by atoms with Gasteiger partial charge in [-0.15, -0.1) is 0 Å². The van der Waals surface area contributed by atoms with Gasteiger partial charge in [-0.1, -0.05) is 6.42 Å². The Bertz CT molecular complexity index is 247. The molecule has 0 radical (unpaired) electrons. The molecular weight excluding hydrogens is 155 g/mol. The third-order valence-electron chi connectivity index (χ3n) is 0.346. The standard InChI is InChI=1S/C3H2O5S.Li/c1-2-8-3(4)9(5,6)7;/h1H,(H,5,6,7);/q;+1/p-1. The molecule has 0 rings (SSSR count). The molecule has 0 amide bonds. The fourth-order valence-corrected chi connectivity index (χ4v) is 0.249. The van der Waals surface area contributed by atoms with E-state index in [1.807, 2.05) is 0 Å². The number of rotatable bonds is 0. The number of hydrogen-bond donors (Lipinski definition) is 0. The van der Waals surface area contributed by atoms with Crippen molar-refractivity contribution in [3.05, 3.63) is 0 Å². The predicted octanol–water partition coefficient (Wildman–Crippen LogP) is -3.74. The first-order valence-corrected chi connectivity index (χ1v) is 3.01. The van der Waals surface area contributed by atoms with Crippen molar-refractivity contribution in [1.82, 2.24) is 0 Å². The van der Waals surface area contributed by atoms with Crippen molar-refractivity contribution in [3.63, 3.8) is 0 Å². The predicted molar refractivity (Wildman–Crippen MR) is 25.0 cm³/mol. The summed E-state index contributed by atoms with van der Waals surface area (Å²) in [4.78, 5) is 9.80. The molecule has 10 heavy (non-hydrogen) atoms. The van der Waals surface area contributed by atoms with E-state index >= 15 is 0 Å². The van der Waals surface area contributed by atoms with Gasteiger partial charge in [0.05, 0.1) is 0 Å². The topological polar surface area (TPSA) is 83.5 Å². The molecule has 0 fully saturated rings. The van der Waals surface area contributed by atoms with Crippen LogP contribution in [0.15, 0.2) is 0 Å². The van der Waals surface area contributed by atoms with E-state index in [0.29, 0.717) is 0 Å². The number of hydrogen-bond acceptors (Lipinski definition) is 5. The zero-order valence-electron chi connectivity index (χ0n) is 5.03. The maximum absolute atomic E-state index is 9.80. The van der Waals surface area contributed by atoms with Gasteiger partial charge in [-0.3, -0.25) is 0 Å². The molecule has 0 saturated carbocycles. The van der Waals surface area contributed by atoms with Crippen LogP contribution in [-0.2, 0) is 14.9 Å². The third kappa shape index (κ3) is 4.42. The van der Waals surface area contributed by atoms with Crippen molar-refractivity contribution in [2.24, 2.45) is 0 Å². The maximum Gasteiger partial charge on any atom is 1.00 e. The van der Waals surface area contributed by atoms with E-state index in [2.05, 4.69) is 11.2 Å². The van der Waals surface area contributed by atoms with Crippen LogP contribution < -0.4 is 18.9 Å². The van der Waals surface area contributed by atoms with Gasteiger partial charge in [0, 0.05) is 0 Å². The Kier molecular flexibility index (Phi) is 5.34. The van der Waals surface area contributed by atoms with Crippen molar-refractivity contribution in [1.29, 1.82) is 0 Å². The quantitative estimate of drug-likeness (QED) is 0.156. The Morgan fingerprint density at radius 3 is 2.10 bits per heavy atom. The largest absolute Gasteiger partial charge is 1.00 e. The monoisotopic (exact) mass is 156 g/mol.